The lowest BCUT2D eigenvalue weighted by Gasteiger charge is -2.08. The van der Waals surface area contributed by atoms with E-state index in [0.717, 1.165) is 0 Å². The van der Waals surface area contributed by atoms with E-state index in [1.165, 1.54) is 70.1 Å². The maximum atomic E-state index is 10.6. The Morgan fingerprint density at radius 1 is 0.815 bits per heavy atom. The van der Waals surface area contributed by atoms with E-state index in [-0.39, 0.29) is 19.8 Å². The second-order valence-electron chi connectivity index (χ2n) is 5.71. The van der Waals surface area contributed by atoms with E-state index in [1.807, 2.05) is 0 Å². The summed E-state index contributed by atoms with van der Waals surface area (Å²) >= 11 is 0. The smallest absolute Gasteiger partial charge is 0.394 e. The SMILES string of the molecule is C=C=O.CCCCCCC.CCCCCCC.CCOP(=O)(O)OCCO. The van der Waals surface area contributed by atoms with Gasteiger partial charge in [-0.25, -0.2) is 9.36 Å². The summed E-state index contributed by atoms with van der Waals surface area (Å²) in [5.74, 6) is 1.25. The third-order valence-corrected chi connectivity index (χ3v) is 4.15. The van der Waals surface area contributed by atoms with E-state index in [9.17, 15) is 4.57 Å². The second-order valence-corrected chi connectivity index (χ2v) is 7.16. The van der Waals surface area contributed by atoms with Gasteiger partial charge >= 0.3 is 7.82 Å². The fourth-order valence-electron chi connectivity index (χ4n) is 1.71. The fraction of sp³-hybridized carbons (Fsp3) is 0.900. The molecule has 0 amide bonds. The summed E-state index contributed by atoms with van der Waals surface area (Å²) in [7, 11) is -3.87. The normalized spacial score (nSPS) is 11.4. The molecule has 0 aromatic heterocycles. The Kier molecular flexibility index (Phi) is 41.8. The number of carbonyl (C=O) groups excluding carboxylic acids is 1. The molecule has 0 aliphatic carbocycles. The standard InChI is InChI=1S/2C7H16.C4H11O5P.C2H2O/c2*1-3-5-7-6-4-2;1-2-8-10(6,7)9-4-3-5;1-2-3/h2*3-7H2,1-2H3;5H,2-4H2,1H3,(H,6,7);1H2. The molecule has 0 saturated heterocycles. The highest BCUT2D eigenvalue weighted by atomic mass is 31.2. The van der Waals surface area contributed by atoms with Crippen LogP contribution in [0, 0.1) is 0 Å². The van der Waals surface area contributed by atoms with E-state index in [1.54, 1.807) is 6.92 Å². The Hall–Kier alpha value is -0.480. The van der Waals surface area contributed by atoms with E-state index in [2.05, 4.69) is 43.3 Å². The predicted molar refractivity (Wildman–Crippen MR) is 115 cm³/mol. The van der Waals surface area contributed by atoms with Crippen molar-refractivity contribution in [2.75, 3.05) is 19.8 Å². The van der Waals surface area contributed by atoms with Crippen molar-refractivity contribution in [3.8, 4) is 0 Å². The second kappa shape index (κ2) is 33.1. The van der Waals surface area contributed by atoms with Crippen LogP contribution in [0.25, 0.3) is 0 Å². The molecule has 166 valence electrons. The van der Waals surface area contributed by atoms with Crippen molar-refractivity contribution in [2.45, 2.75) is 98.8 Å². The quantitative estimate of drug-likeness (QED) is 0.216. The molecule has 0 bridgehead atoms. The molecular weight excluding hydrogens is 367 g/mol. The van der Waals surface area contributed by atoms with E-state index < -0.39 is 7.82 Å². The lowest BCUT2D eigenvalue weighted by Crippen LogP contribution is -1.99. The molecule has 6 nitrogen and oxygen atoms in total. The molecule has 27 heavy (non-hydrogen) atoms. The molecule has 0 aromatic rings. The first kappa shape index (κ1) is 34.1. The average molecular weight is 413 g/mol. The van der Waals surface area contributed by atoms with Crippen LogP contribution in [-0.4, -0.2) is 35.8 Å². The van der Waals surface area contributed by atoms with Gasteiger partial charge in [-0.3, -0.25) is 9.05 Å². The molecule has 1 unspecified atom stereocenters. The predicted octanol–water partition coefficient (Wildman–Crippen LogP) is 6.09. The van der Waals surface area contributed by atoms with Gasteiger partial charge in [0.25, 0.3) is 0 Å². The van der Waals surface area contributed by atoms with Gasteiger partial charge in [-0.05, 0) is 13.5 Å². The first-order valence-corrected chi connectivity index (χ1v) is 11.7. The molecule has 0 rings (SSSR count). The van der Waals surface area contributed by atoms with Crippen LogP contribution in [-0.2, 0) is 18.4 Å². The zero-order chi connectivity index (χ0) is 21.8. The molecule has 0 aliphatic heterocycles. The molecule has 0 fully saturated rings. The first-order chi connectivity index (χ1) is 12.9. The molecule has 0 heterocycles. The topological polar surface area (TPSA) is 93.1 Å². The number of unbranched alkanes of at least 4 members (excludes halogenated alkanes) is 8. The highest BCUT2D eigenvalue weighted by Crippen LogP contribution is 2.42. The van der Waals surface area contributed by atoms with E-state index in [0.29, 0.717) is 0 Å². The Morgan fingerprint density at radius 2 is 1.15 bits per heavy atom. The summed E-state index contributed by atoms with van der Waals surface area (Å²) in [5.41, 5.74) is 0. The van der Waals surface area contributed by atoms with Gasteiger partial charge in [0.05, 0.1) is 19.8 Å². The van der Waals surface area contributed by atoms with Gasteiger partial charge in [-0.2, -0.15) is 0 Å². The van der Waals surface area contributed by atoms with Crippen molar-refractivity contribution in [3.63, 3.8) is 0 Å². The van der Waals surface area contributed by atoms with Crippen LogP contribution in [0.4, 0.5) is 0 Å². The fourth-order valence-corrected chi connectivity index (χ4v) is 2.42. The molecule has 1 atom stereocenters. The number of aliphatic hydroxyl groups excluding tert-OH is 1. The Morgan fingerprint density at radius 3 is 1.37 bits per heavy atom. The molecule has 0 aliphatic rings. The summed E-state index contributed by atoms with van der Waals surface area (Å²) in [6.07, 6.45) is 14.0. The summed E-state index contributed by atoms with van der Waals surface area (Å²) < 4.78 is 19.1. The zero-order valence-corrected chi connectivity index (χ0v) is 19.3. The van der Waals surface area contributed by atoms with Crippen LogP contribution >= 0.6 is 7.82 Å². The summed E-state index contributed by atoms with van der Waals surface area (Å²) in [4.78, 5) is 17.2. The third-order valence-electron chi connectivity index (χ3n) is 3.05. The van der Waals surface area contributed by atoms with Gasteiger partial charge in [0.15, 0.2) is 0 Å². The minimum atomic E-state index is -3.87. The first-order valence-electron chi connectivity index (χ1n) is 10.2. The van der Waals surface area contributed by atoms with Crippen LogP contribution in [0.5, 0.6) is 0 Å². The maximum absolute atomic E-state index is 10.6. The molecule has 0 spiro atoms. The van der Waals surface area contributed by atoms with Crippen molar-refractivity contribution in [1.82, 2.24) is 0 Å². The molecule has 0 saturated carbocycles. The van der Waals surface area contributed by atoms with Crippen LogP contribution in [0.3, 0.4) is 0 Å². The van der Waals surface area contributed by atoms with Gasteiger partial charge in [0.1, 0.15) is 5.94 Å². The number of hydrogen-bond acceptors (Lipinski definition) is 5. The van der Waals surface area contributed by atoms with Crippen molar-refractivity contribution in [1.29, 1.82) is 0 Å². The lowest BCUT2D eigenvalue weighted by molar-refractivity contribution is 0.127. The van der Waals surface area contributed by atoms with Crippen LogP contribution < -0.4 is 0 Å². The Bertz CT molecular complexity index is 300. The lowest BCUT2D eigenvalue weighted by atomic mass is 10.2. The highest BCUT2D eigenvalue weighted by Gasteiger charge is 2.18. The molecule has 0 radical (unpaired) electrons. The van der Waals surface area contributed by atoms with Crippen LogP contribution in [0.15, 0.2) is 6.58 Å². The molecule has 0 aromatic carbocycles. The molecular formula is C20H45O6P. The molecule has 7 heteroatoms. The van der Waals surface area contributed by atoms with Gasteiger partial charge < -0.3 is 10.00 Å². The average Bonchev–Trinajstić information content (AvgIpc) is 2.63. The Labute approximate surface area is 168 Å². The number of phosphoric acid groups is 1. The minimum absolute atomic E-state index is 0.110. The number of hydrogen-bond donors (Lipinski definition) is 2. The summed E-state index contributed by atoms with van der Waals surface area (Å²) in [6, 6.07) is 0. The maximum Gasteiger partial charge on any atom is 0.472 e. The number of rotatable bonds is 13. The van der Waals surface area contributed by atoms with Crippen molar-refractivity contribution in [3.05, 3.63) is 6.58 Å². The zero-order valence-electron chi connectivity index (χ0n) is 18.4. The summed E-state index contributed by atoms with van der Waals surface area (Å²) in [5, 5.41) is 8.19. The van der Waals surface area contributed by atoms with Crippen LogP contribution in [0.2, 0.25) is 0 Å². The highest BCUT2D eigenvalue weighted by molar-refractivity contribution is 7.47. The Balaban J connectivity index is -0.000000139. The number of aliphatic hydroxyl groups is 1. The van der Waals surface area contributed by atoms with Crippen molar-refractivity contribution in [2.24, 2.45) is 0 Å². The third kappa shape index (κ3) is 51.7. The van der Waals surface area contributed by atoms with Crippen molar-refractivity contribution < 1.29 is 28.4 Å². The molecule has 2 N–H and O–H groups in total. The van der Waals surface area contributed by atoms with Gasteiger partial charge in [0, 0.05) is 0 Å². The summed E-state index contributed by atoms with van der Waals surface area (Å²) in [6.45, 7) is 12.9. The van der Waals surface area contributed by atoms with Gasteiger partial charge in [-0.1, -0.05) is 91.9 Å². The minimum Gasteiger partial charge on any atom is -0.394 e. The van der Waals surface area contributed by atoms with Gasteiger partial charge in [-0.15, -0.1) is 0 Å². The number of phosphoric ester groups is 1. The van der Waals surface area contributed by atoms with Crippen LogP contribution in [0.1, 0.15) is 98.8 Å². The largest absolute Gasteiger partial charge is 0.472 e. The van der Waals surface area contributed by atoms with E-state index >= 15 is 0 Å². The van der Waals surface area contributed by atoms with E-state index in [4.69, 9.17) is 14.8 Å². The van der Waals surface area contributed by atoms with Gasteiger partial charge in [0.2, 0.25) is 0 Å². The van der Waals surface area contributed by atoms with Crippen molar-refractivity contribution >= 4 is 13.8 Å². The monoisotopic (exact) mass is 412 g/mol.